The summed E-state index contributed by atoms with van der Waals surface area (Å²) in [6.07, 6.45) is 2.50. The van der Waals surface area contributed by atoms with Gasteiger partial charge >= 0.3 is 5.97 Å². The topological polar surface area (TPSA) is 96.5 Å². The fourth-order valence-corrected chi connectivity index (χ4v) is 5.67. The molecule has 3 fully saturated rings. The Bertz CT molecular complexity index is 981. The van der Waals surface area contributed by atoms with Gasteiger partial charge in [0.1, 0.15) is 11.8 Å². The number of carbonyl (C=O) groups is 4. The first kappa shape index (κ1) is 27.1. The van der Waals surface area contributed by atoms with Crippen molar-refractivity contribution >= 4 is 23.7 Å². The van der Waals surface area contributed by atoms with Crippen LogP contribution in [0, 0.1) is 11.8 Å². The van der Waals surface area contributed by atoms with Crippen molar-refractivity contribution in [1.82, 2.24) is 14.7 Å². The van der Waals surface area contributed by atoms with Crippen LogP contribution in [-0.2, 0) is 23.9 Å². The lowest BCUT2D eigenvalue weighted by Gasteiger charge is -2.45. The van der Waals surface area contributed by atoms with Crippen molar-refractivity contribution in [3.63, 3.8) is 0 Å². The predicted octanol–water partition coefficient (Wildman–Crippen LogP) is 2.69. The molecule has 1 aromatic carbocycles. The molecule has 37 heavy (non-hydrogen) atoms. The zero-order chi connectivity index (χ0) is 26.6. The van der Waals surface area contributed by atoms with Crippen LogP contribution >= 0.6 is 0 Å². The molecule has 1 aromatic rings. The Labute approximate surface area is 219 Å². The first-order chi connectivity index (χ1) is 17.8. The summed E-state index contributed by atoms with van der Waals surface area (Å²) in [4.78, 5) is 57.6. The lowest BCUT2D eigenvalue weighted by molar-refractivity contribution is -0.152. The molecule has 0 saturated carbocycles. The van der Waals surface area contributed by atoms with Gasteiger partial charge in [-0.05, 0) is 37.8 Å². The molecule has 4 rings (SSSR count). The van der Waals surface area contributed by atoms with Gasteiger partial charge in [0.05, 0.1) is 19.1 Å². The van der Waals surface area contributed by atoms with E-state index in [-0.39, 0.29) is 42.1 Å². The molecule has 9 nitrogen and oxygen atoms in total. The Morgan fingerprint density at radius 2 is 1.65 bits per heavy atom. The van der Waals surface area contributed by atoms with E-state index < -0.39 is 11.8 Å². The summed E-state index contributed by atoms with van der Waals surface area (Å²) in [5.74, 6) is -0.415. The summed E-state index contributed by atoms with van der Waals surface area (Å²) < 4.78 is 11.5. The molecule has 0 aromatic heterocycles. The third-order valence-corrected chi connectivity index (χ3v) is 7.69. The number of nitrogens with zero attached hydrogens (tertiary/aromatic N) is 3. The molecule has 0 N–H and O–H groups in total. The van der Waals surface area contributed by atoms with E-state index >= 15 is 0 Å². The number of rotatable bonds is 6. The second-order valence-electron chi connectivity index (χ2n) is 10.6. The van der Waals surface area contributed by atoms with Gasteiger partial charge in [0.15, 0.2) is 0 Å². The van der Waals surface area contributed by atoms with E-state index in [9.17, 15) is 19.2 Å². The number of benzene rings is 1. The Morgan fingerprint density at radius 1 is 1.00 bits per heavy atom. The molecule has 3 heterocycles. The highest BCUT2D eigenvalue weighted by atomic mass is 16.5. The number of esters is 1. The van der Waals surface area contributed by atoms with Crippen molar-refractivity contribution in [1.29, 1.82) is 0 Å². The van der Waals surface area contributed by atoms with Crippen LogP contribution in [0.15, 0.2) is 30.3 Å². The van der Waals surface area contributed by atoms with Crippen LogP contribution in [0.3, 0.4) is 0 Å². The second-order valence-corrected chi connectivity index (χ2v) is 10.6. The first-order valence-electron chi connectivity index (χ1n) is 13.5. The minimum absolute atomic E-state index is 0.112. The summed E-state index contributed by atoms with van der Waals surface area (Å²) in [7, 11) is 0. The lowest BCUT2D eigenvalue weighted by atomic mass is 9.94. The average molecular weight is 514 g/mol. The van der Waals surface area contributed by atoms with E-state index in [4.69, 9.17) is 9.47 Å². The molecule has 1 spiro atoms. The molecule has 0 aliphatic carbocycles. The van der Waals surface area contributed by atoms with Gasteiger partial charge in [-0.25, -0.2) is 0 Å². The zero-order valence-corrected chi connectivity index (χ0v) is 22.2. The smallest absolute Gasteiger partial charge is 0.309 e. The number of hydrogen-bond donors (Lipinski definition) is 0. The number of hydrogen-bond acceptors (Lipinski definition) is 6. The fraction of sp³-hybridized carbons (Fsp3) is 0.643. The third kappa shape index (κ3) is 5.81. The molecular weight excluding hydrogens is 474 g/mol. The summed E-state index contributed by atoms with van der Waals surface area (Å²) in [6, 6.07) is 8.22. The van der Waals surface area contributed by atoms with Gasteiger partial charge in [0.2, 0.25) is 11.8 Å². The molecule has 9 heteroatoms. The van der Waals surface area contributed by atoms with Gasteiger partial charge in [0.25, 0.3) is 5.91 Å². The van der Waals surface area contributed by atoms with Crippen molar-refractivity contribution < 1.29 is 28.7 Å². The van der Waals surface area contributed by atoms with Gasteiger partial charge in [0, 0.05) is 51.0 Å². The van der Waals surface area contributed by atoms with Crippen LogP contribution in [0.2, 0.25) is 0 Å². The predicted molar refractivity (Wildman–Crippen MR) is 136 cm³/mol. The summed E-state index contributed by atoms with van der Waals surface area (Å²) in [5.41, 5.74) is -0.421. The number of carbonyl (C=O) groups excluding carboxylic acids is 4. The number of amides is 3. The Balaban J connectivity index is 1.51. The third-order valence-electron chi connectivity index (χ3n) is 7.69. The Kier molecular flexibility index (Phi) is 8.52. The van der Waals surface area contributed by atoms with Crippen LogP contribution in [-0.4, -0.2) is 89.6 Å². The van der Waals surface area contributed by atoms with E-state index in [1.54, 1.807) is 41.0 Å². The van der Waals surface area contributed by atoms with E-state index in [1.807, 2.05) is 24.8 Å². The Morgan fingerprint density at radius 3 is 2.24 bits per heavy atom. The van der Waals surface area contributed by atoms with Crippen molar-refractivity contribution in [3.05, 3.63) is 35.9 Å². The van der Waals surface area contributed by atoms with Gasteiger partial charge < -0.3 is 19.3 Å². The van der Waals surface area contributed by atoms with E-state index in [0.717, 1.165) is 0 Å². The van der Waals surface area contributed by atoms with Crippen LogP contribution in [0.1, 0.15) is 63.2 Å². The van der Waals surface area contributed by atoms with Crippen molar-refractivity contribution in [3.8, 4) is 0 Å². The van der Waals surface area contributed by atoms with Gasteiger partial charge in [-0.2, -0.15) is 0 Å². The zero-order valence-electron chi connectivity index (χ0n) is 22.2. The summed E-state index contributed by atoms with van der Waals surface area (Å²) >= 11 is 0. The highest BCUT2D eigenvalue weighted by Gasteiger charge is 2.55. The van der Waals surface area contributed by atoms with Crippen LogP contribution in [0.4, 0.5) is 0 Å². The Hall–Kier alpha value is -2.94. The maximum Gasteiger partial charge on any atom is 0.309 e. The molecule has 0 bridgehead atoms. The van der Waals surface area contributed by atoms with E-state index in [0.29, 0.717) is 70.5 Å². The first-order valence-corrected chi connectivity index (χ1v) is 13.5. The molecule has 0 unspecified atom stereocenters. The summed E-state index contributed by atoms with van der Waals surface area (Å²) in [5, 5.41) is 0. The maximum atomic E-state index is 13.8. The minimum Gasteiger partial charge on any atom is -0.466 e. The standard InChI is InChI=1S/C28H39N3O6/c1-4-36-27(35)22-10-14-30(15-11-22)26(34)23-19-37-28(31(23)25(33)21-8-6-5-7-9-21)12-16-29(17-13-28)24(32)18-20(2)3/h5-9,20,22-23H,4,10-19H2,1-3H3/t23-/m1/s1. The van der Waals surface area contributed by atoms with Gasteiger partial charge in [-0.15, -0.1) is 0 Å². The molecular formula is C28H39N3O6. The number of ether oxygens (including phenoxy) is 2. The quantitative estimate of drug-likeness (QED) is 0.543. The number of piperidine rings is 2. The average Bonchev–Trinajstić information content (AvgIpc) is 3.26. The highest BCUT2D eigenvalue weighted by molar-refractivity contribution is 5.98. The van der Waals surface area contributed by atoms with E-state index in [2.05, 4.69) is 0 Å². The molecule has 202 valence electrons. The van der Waals surface area contributed by atoms with Gasteiger partial charge in [-0.1, -0.05) is 32.0 Å². The van der Waals surface area contributed by atoms with Crippen LogP contribution < -0.4 is 0 Å². The lowest BCUT2D eigenvalue weighted by Crippen LogP contribution is -2.60. The SMILES string of the molecule is CCOC(=O)C1CCN(C(=O)[C@H]2COC3(CCN(C(=O)CC(C)C)CC3)N2C(=O)c2ccccc2)CC1. The van der Waals surface area contributed by atoms with Crippen LogP contribution in [0.25, 0.3) is 0 Å². The van der Waals surface area contributed by atoms with Gasteiger partial charge in [-0.3, -0.25) is 24.1 Å². The van der Waals surface area contributed by atoms with Crippen LogP contribution in [0.5, 0.6) is 0 Å². The molecule has 1 atom stereocenters. The largest absolute Gasteiger partial charge is 0.466 e. The molecule has 3 amide bonds. The molecule has 0 radical (unpaired) electrons. The number of likely N-dealkylation sites (tertiary alicyclic amines) is 2. The second kappa shape index (κ2) is 11.6. The van der Waals surface area contributed by atoms with Crippen molar-refractivity contribution in [2.75, 3.05) is 39.4 Å². The fourth-order valence-electron chi connectivity index (χ4n) is 5.67. The molecule has 3 aliphatic rings. The maximum absolute atomic E-state index is 13.8. The normalized spacial score (nSPS) is 21.9. The molecule has 3 aliphatic heterocycles. The van der Waals surface area contributed by atoms with Crippen molar-refractivity contribution in [2.24, 2.45) is 11.8 Å². The highest BCUT2D eigenvalue weighted by Crippen LogP contribution is 2.39. The monoisotopic (exact) mass is 513 g/mol. The summed E-state index contributed by atoms with van der Waals surface area (Å²) in [6.45, 7) is 8.14. The minimum atomic E-state index is -0.925. The molecule has 3 saturated heterocycles. The van der Waals surface area contributed by atoms with E-state index in [1.165, 1.54) is 0 Å². The van der Waals surface area contributed by atoms with Crippen molar-refractivity contribution in [2.45, 2.75) is 64.6 Å².